The summed E-state index contributed by atoms with van der Waals surface area (Å²) in [5, 5.41) is 7.02. The van der Waals surface area contributed by atoms with Crippen molar-refractivity contribution < 1.29 is 9.26 Å². The second-order valence-electron chi connectivity index (χ2n) is 3.66. The number of rotatable bonds is 1. The van der Waals surface area contributed by atoms with Crippen LogP contribution in [0.3, 0.4) is 0 Å². The van der Waals surface area contributed by atoms with Gasteiger partial charge in [-0.25, -0.2) is 0 Å². The van der Waals surface area contributed by atoms with Gasteiger partial charge in [0.15, 0.2) is 11.9 Å². The Labute approximate surface area is 92.4 Å². The second-order valence-corrected chi connectivity index (χ2v) is 3.66. The number of aromatic nitrogens is 2. The smallest absolute Gasteiger partial charge is 0.269 e. The largest absolute Gasteiger partial charge is 0.477 e. The summed E-state index contributed by atoms with van der Waals surface area (Å²) in [5.41, 5.74) is 0.995. The average molecular weight is 217 g/mol. The molecule has 82 valence electrons. The van der Waals surface area contributed by atoms with Crippen LogP contribution in [0.15, 0.2) is 28.8 Å². The van der Waals surface area contributed by atoms with Crippen LogP contribution < -0.4 is 10.1 Å². The molecule has 0 aliphatic carbocycles. The van der Waals surface area contributed by atoms with Crippen molar-refractivity contribution in [3.05, 3.63) is 36.0 Å². The number of para-hydroxylation sites is 2. The van der Waals surface area contributed by atoms with Crippen molar-refractivity contribution in [3.63, 3.8) is 0 Å². The van der Waals surface area contributed by atoms with Crippen LogP contribution in [-0.2, 0) is 0 Å². The van der Waals surface area contributed by atoms with Crippen molar-refractivity contribution >= 4 is 5.69 Å². The summed E-state index contributed by atoms with van der Waals surface area (Å²) in [6.07, 6.45) is -0.212. The van der Waals surface area contributed by atoms with Gasteiger partial charge in [0.25, 0.3) is 5.89 Å². The topological polar surface area (TPSA) is 60.2 Å². The van der Waals surface area contributed by atoms with E-state index < -0.39 is 0 Å². The Bertz CT molecular complexity index is 509. The van der Waals surface area contributed by atoms with Crippen molar-refractivity contribution in [2.45, 2.75) is 13.0 Å². The highest BCUT2D eigenvalue weighted by atomic mass is 16.5. The number of hydrogen-bond donors (Lipinski definition) is 1. The molecule has 0 radical (unpaired) electrons. The van der Waals surface area contributed by atoms with E-state index in [0.717, 1.165) is 11.4 Å². The molecule has 2 aromatic rings. The minimum Gasteiger partial charge on any atom is -0.477 e. The van der Waals surface area contributed by atoms with E-state index in [-0.39, 0.29) is 6.10 Å². The molecule has 0 saturated carbocycles. The fraction of sp³-hybridized carbons (Fsp3) is 0.273. The summed E-state index contributed by atoms with van der Waals surface area (Å²) in [6.45, 7) is 2.43. The third-order valence-corrected chi connectivity index (χ3v) is 2.45. The quantitative estimate of drug-likeness (QED) is 0.790. The average Bonchev–Trinajstić information content (AvgIpc) is 2.75. The Kier molecular flexibility index (Phi) is 2.02. The summed E-state index contributed by atoms with van der Waals surface area (Å²) in [7, 11) is 0. The lowest BCUT2D eigenvalue weighted by atomic mass is 10.2. The van der Waals surface area contributed by atoms with Crippen LogP contribution in [-0.4, -0.2) is 16.7 Å². The molecule has 1 unspecified atom stereocenters. The first-order chi connectivity index (χ1) is 7.83. The van der Waals surface area contributed by atoms with Crippen LogP contribution in [0.25, 0.3) is 0 Å². The molecule has 5 heteroatoms. The zero-order valence-corrected chi connectivity index (χ0v) is 8.80. The highest BCUT2D eigenvalue weighted by Crippen LogP contribution is 2.32. The van der Waals surface area contributed by atoms with Crippen LogP contribution >= 0.6 is 0 Å². The summed E-state index contributed by atoms with van der Waals surface area (Å²) >= 11 is 0. The van der Waals surface area contributed by atoms with E-state index in [4.69, 9.17) is 9.26 Å². The third kappa shape index (κ3) is 1.50. The van der Waals surface area contributed by atoms with E-state index in [1.54, 1.807) is 6.92 Å². The molecule has 0 saturated heterocycles. The number of benzene rings is 1. The van der Waals surface area contributed by atoms with Gasteiger partial charge in [0.2, 0.25) is 0 Å². The van der Waals surface area contributed by atoms with Crippen LogP contribution in [0.1, 0.15) is 17.8 Å². The second kappa shape index (κ2) is 3.52. The number of nitrogens with one attached hydrogen (secondary N) is 1. The van der Waals surface area contributed by atoms with Crippen molar-refractivity contribution in [2.75, 3.05) is 11.9 Å². The molecule has 1 N–H and O–H groups in total. The molecule has 1 aromatic carbocycles. The van der Waals surface area contributed by atoms with Crippen LogP contribution in [0, 0.1) is 6.92 Å². The molecule has 1 aliphatic rings. The summed E-state index contributed by atoms with van der Waals surface area (Å²) in [4.78, 5) is 4.16. The van der Waals surface area contributed by atoms with Gasteiger partial charge in [-0.2, -0.15) is 4.98 Å². The number of nitrogens with zero attached hydrogens (tertiary/aromatic N) is 2. The van der Waals surface area contributed by atoms with E-state index in [0.29, 0.717) is 18.3 Å². The Balaban J connectivity index is 1.88. The van der Waals surface area contributed by atoms with Gasteiger partial charge in [-0.1, -0.05) is 17.3 Å². The van der Waals surface area contributed by atoms with E-state index in [9.17, 15) is 0 Å². The fourth-order valence-corrected chi connectivity index (χ4v) is 1.69. The molecule has 1 aliphatic heterocycles. The number of aryl methyl sites for hydroxylation is 1. The molecule has 0 bridgehead atoms. The third-order valence-electron chi connectivity index (χ3n) is 2.45. The van der Waals surface area contributed by atoms with Crippen molar-refractivity contribution in [1.29, 1.82) is 0 Å². The van der Waals surface area contributed by atoms with Gasteiger partial charge in [-0.15, -0.1) is 0 Å². The molecule has 5 nitrogen and oxygen atoms in total. The zero-order chi connectivity index (χ0) is 11.0. The van der Waals surface area contributed by atoms with Crippen molar-refractivity contribution in [3.8, 4) is 5.75 Å². The lowest BCUT2D eigenvalue weighted by Gasteiger charge is -2.24. The fourth-order valence-electron chi connectivity index (χ4n) is 1.69. The minimum atomic E-state index is -0.212. The zero-order valence-electron chi connectivity index (χ0n) is 8.80. The first-order valence-electron chi connectivity index (χ1n) is 5.13. The summed E-state index contributed by atoms with van der Waals surface area (Å²) < 4.78 is 10.9. The van der Waals surface area contributed by atoms with Crippen LogP contribution in [0.4, 0.5) is 5.69 Å². The predicted octanol–water partition coefficient (Wildman–Crippen LogP) is 1.92. The molecule has 1 aromatic heterocycles. The molecular formula is C11H11N3O2. The van der Waals surface area contributed by atoms with Gasteiger partial charge in [-0.05, 0) is 19.1 Å². The maximum Gasteiger partial charge on any atom is 0.269 e. The van der Waals surface area contributed by atoms with Crippen LogP contribution in [0.2, 0.25) is 0 Å². The Morgan fingerprint density at radius 1 is 1.38 bits per heavy atom. The molecule has 0 spiro atoms. The Hall–Kier alpha value is -2.04. The van der Waals surface area contributed by atoms with Gasteiger partial charge in [0.05, 0.1) is 12.2 Å². The molecule has 16 heavy (non-hydrogen) atoms. The van der Waals surface area contributed by atoms with Gasteiger partial charge >= 0.3 is 0 Å². The number of anilines is 1. The molecule has 3 rings (SSSR count). The normalized spacial score (nSPS) is 18.4. The molecule has 0 fully saturated rings. The lowest BCUT2D eigenvalue weighted by molar-refractivity contribution is 0.163. The lowest BCUT2D eigenvalue weighted by Crippen LogP contribution is -2.23. The predicted molar refractivity (Wildman–Crippen MR) is 57.3 cm³/mol. The summed E-state index contributed by atoms with van der Waals surface area (Å²) in [5.74, 6) is 1.95. The highest BCUT2D eigenvalue weighted by molar-refractivity contribution is 5.57. The number of hydrogen-bond acceptors (Lipinski definition) is 5. The van der Waals surface area contributed by atoms with E-state index >= 15 is 0 Å². The van der Waals surface area contributed by atoms with Crippen molar-refractivity contribution in [1.82, 2.24) is 10.1 Å². The maximum absolute atomic E-state index is 5.77. The standard InChI is InChI=1S/C11H11N3O2/c1-7-13-11(16-14-7)10-6-12-8-4-2-3-5-9(8)15-10/h2-5,10,12H,6H2,1H3. The minimum absolute atomic E-state index is 0.212. The number of fused-ring (bicyclic) bond motifs is 1. The van der Waals surface area contributed by atoms with Crippen LogP contribution in [0.5, 0.6) is 5.75 Å². The number of ether oxygens (including phenoxy) is 1. The Morgan fingerprint density at radius 3 is 3.06 bits per heavy atom. The maximum atomic E-state index is 5.77. The first-order valence-corrected chi connectivity index (χ1v) is 5.13. The monoisotopic (exact) mass is 217 g/mol. The Morgan fingerprint density at radius 2 is 2.25 bits per heavy atom. The molecule has 1 atom stereocenters. The molecular weight excluding hydrogens is 206 g/mol. The first kappa shape index (κ1) is 9.21. The van der Waals surface area contributed by atoms with E-state index in [1.165, 1.54) is 0 Å². The summed E-state index contributed by atoms with van der Waals surface area (Å²) in [6, 6.07) is 7.79. The molecule has 2 heterocycles. The SMILES string of the molecule is Cc1noc(C2CNc3ccccc3O2)n1. The van der Waals surface area contributed by atoms with Crippen molar-refractivity contribution in [2.24, 2.45) is 0 Å². The van der Waals surface area contributed by atoms with Gasteiger partial charge < -0.3 is 14.6 Å². The van der Waals surface area contributed by atoms with E-state index in [1.807, 2.05) is 24.3 Å². The van der Waals surface area contributed by atoms with E-state index in [2.05, 4.69) is 15.5 Å². The van der Waals surface area contributed by atoms with Gasteiger partial charge in [0, 0.05) is 0 Å². The molecule has 0 amide bonds. The van der Waals surface area contributed by atoms with Gasteiger partial charge in [-0.3, -0.25) is 0 Å². The van der Waals surface area contributed by atoms with Gasteiger partial charge in [0.1, 0.15) is 5.75 Å². The highest BCUT2D eigenvalue weighted by Gasteiger charge is 2.25.